The van der Waals surface area contributed by atoms with Crippen LogP contribution in [0.25, 0.3) is 11.1 Å². The molecule has 3 nitrogen and oxygen atoms in total. The van der Waals surface area contributed by atoms with Gasteiger partial charge in [0.15, 0.2) is 5.78 Å². The van der Waals surface area contributed by atoms with Gasteiger partial charge >= 0.3 is 5.97 Å². The molecular weight excluding hydrogens is 264 g/mol. The Labute approximate surface area is 125 Å². The third kappa shape index (κ3) is 4.88. The second kappa shape index (κ2) is 8.69. The number of methoxy groups -OCH3 is 1. The summed E-state index contributed by atoms with van der Waals surface area (Å²) in [4.78, 5) is 22.8. The molecule has 110 valence electrons. The first-order chi connectivity index (χ1) is 10.2. The molecule has 0 aliphatic rings. The summed E-state index contributed by atoms with van der Waals surface area (Å²) in [5.74, 6) is -0.747. The molecule has 2 rings (SSSR count). The normalized spacial score (nSPS) is 9.29. The van der Waals surface area contributed by atoms with Crippen molar-refractivity contribution in [3.63, 3.8) is 0 Å². The number of carbonyl (C=O) groups is 2. The number of ether oxygens (including phenoxy) is 1. The van der Waals surface area contributed by atoms with E-state index in [1.54, 1.807) is 12.1 Å². The molecule has 0 aromatic heterocycles. The third-order valence-electron chi connectivity index (χ3n) is 2.85. The Morgan fingerprint density at radius 1 is 0.857 bits per heavy atom. The van der Waals surface area contributed by atoms with Gasteiger partial charge in [-0.25, -0.2) is 0 Å². The lowest BCUT2D eigenvalue weighted by molar-refractivity contribution is -0.139. The van der Waals surface area contributed by atoms with Gasteiger partial charge in [-0.2, -0.15) is 0 Å². The molecule has 2 aromatic carbocycles. The fraction of sp³-hybridized carbons (Fsp3) is 0.222. The zero-order chi connectivity index (χ0) is 15.7. The maximum atomic E-state index is 11.8. The van der Waals surface area contributed by atoms with Gasteiger partial charge in [0, 0.05) is 5.56 Å². The van der Waals surface area contributed by atoms with Crippen LogP contribution >= 0.6 is 0 Å². The summed E-state index contributed by atoms with van der Waals surface area (Å²) in [6.45, 7) is 4.00. The lowest BCUT2D eigenvalue weighted by Crippen LogP contribution is -2.09. The summed E-state index contributed by atoms with van der Waals surface area (Å²) in [6, 6.07) is 17.1. The summed E-state index contributed by atoms with van der Waals surface area (Å²) in [5.41, 5.74) is 2.65. The molecule has 0 heterocycles. The number of hydrogen-bond donors (Lipinski definition) is 0. The van der Waals surface area contributed by atoms with Crippen molar-refractivity contribution in [3.05, 3.63) is 60.2 Å². The number of rotatable bonds is 4. The van der Waals surface area contributed by atoms with E-state index >= 15 is 0 Å². The van der Waals surface area contributed by atoms with Gasteiger partial charge in [0.05, 0.1) is 7.11 Å². The second-order valence-electron chi connectivity index (χ2n) is 4.12. The molecule has 0 atom stereocenters. The predicted octanol–water partition coefficient (Wildman–Crippen LogP) is 4.13. The van der Waals surface area contributed by atoms with Crippen LogP contribution in [0.3, 0.4) is 0 Å². The average Bonchev–Trinajstić information content (AvgIpc) is 2.57. The molecule has 0 radical (unpaired) electrons. The Morgan fingerprint density at radius 2 is 1.38 bits per heavy atom. The number of benzene rings is 2. The minimum Gasteiger partial charge on any atom is -0.469 e. The largest absolute Gasteiger partial charge is 0.469 e. The maximum Gasteiger partial charge on any atom is 0.313 e. The SMILES string of the molecule is CC.COC(=O)CC(=O)c1ccc(-c2ccccc2)cc1. The Morgan fingerprint density at radius 3 is 1.90 bits per heavy atom. The molecule has 0 aliphatic carbocycles. The van der Waals surface area contributed by atoms with E-state index in [1.165, 1.54) is 7.11 Å². The van der Waals surface area contributed by atoms with E-state index in [2.05, 4.69) is 4.74 Å². The van der Waals surface area contributed by atoms with Gasteiger partial charge in [0.25, 0.3) is 0 Å². The van der Waals surface area contributed by atoms with Crippen molar-refractivity contribution >= 4 is 11.8 Å². The van der Waals surface area contributed by atoms with Gasteiger partial charge in [-0.15, -0.1) is 0 Å². The highest BCUT2D eigenvalue weighted by atomic mass is 16.5. The first-order valence-corrected chi connectivity index (χ1v) is 6.96. The molecule has 0 fully saturated rings. The summed E-state index contributed by atoms with van der Waals surface area (Å²) >= 11 is 0. The Kier molecular flexibility index (Phi) is 6.88. The Hall–Kier alpha value is -2.42. The predicted molar refractivity (Wildman–Crippen MR) is 84.2 cm³/mol. The van der Waals surface area contributed by atoms with Crippen LogP contribution < -0.4 is 0 Å². The van der Waals surface area contributed by atoms with Crippen molar-refractivity contribution in [2.75, 3.05) is 7.11 Å². The molecule has 0 N–H and O–H groups in total. The maximum absolute atomic E-state index is 11.8. The van der Waals surface area contributed by atoms with Gasteiger partial charge in [-0.1, -0.05) is 68.4 Å². The van der Waals surface area contributed by atoms with Crippen LogP contribution in [0.5, 0.6) is 0 Å². The van der Waals surface area contributed by atoms with E-state index in [9.17, 15) is 9.59 Å². The molecule has 2 aromatic rings. The fourth-order valence-corrected chi connectivity index (χ4v) is 1.78. The van der Waals surface area contributed by atoms with E-state index < -0.39 is 5.97 Å². The second-order valence-corrected chi connectivity index (χ2v) is 4.12. The van der Waals surface area contributed by atoms with Crippen LogP contribution in [0.15, 0.2) is 54.6 Å². The van der Waals surface area contributed by atoms with Crippen LogP contribution in [-0.4, -0.2) is 18.9 Å². The monoisotopic (exact) mass is 284 g/mol. The molecule has 0 unspecified atom stereocenters. The zero-order valence-electron chi connectivity index (χ0n) is 12.6. The molecular formula is C18H20O3. The van der Waals surface area contributed by atoms with Crippen LogP contribution in [0.1, 0.15) is 30.6 Å². The molecule has 21 heavy (non-hydrogen) atoms. The number of ketones is 1. The van der Waals surface area contributed by atoms with Gasteiger partial charge in [-0.3, -0.25) is 9.59 Å². The van der Waals surface area contributed by atoms with E-state index in [4.69, 9.17) is 0 Å². The Balaban J connectivity index is 0.00000106. The quantitative estimate of drug-likeness (QED) is 0.482. The van der Waals surface area contributed by atoms with Gasteiger partial charge < -0.3 is 4.74 Å². The highest BCUT2D eigenvalue weighted by Crippen LogP contribution is 2.19. The van der Waals surface area contributed by atoms with Gasteiger partial charge in [0.2, 0.25) is 0 Å². The first-order valence-electron chi connectivity index (χ1n) is 6.96. The van der Waals surface area contributed by atoms with Crippen molar-refractivity contribution in [1.82, 2.24) is 0 Å². The third-order valence-corrected chi connectivity index (χ3v) is 2.85. The fourth-order valence-electron chi connectivity index (χ4n) is 1.78. The number of esters is 1. The highest BCUT2D eigenvalue weighted by molar-refractivity contribution is 6.06. The van der Waals surface area contributed by atoms with Crippen LogP contribution in [0.4, 0.5) is 0 Å². The molecule has 0 aliphatic heterocycles. The highest BCUT2D eigenvalue weighted by Gasteiger charge is 2.11. The number of carbonyl (C=O) groups excluding carboxylic acids is 2. The van der Waals surface area contributed by atoms with E-state index in [-0.39, 0.29) is 12.2 Å². The van der Waals surface area contributed by atoms with Gasteiger partial charge in [0.1, 0.15) is 6.42 Å². The van der Waals surface area contributed by atoms with Crippen molar-refractivity contribution in [2.45, 2.75) is 20.3 Å². The molecule has 0 saturated heterocycles. The number of Topliss-reactive ketones (excluding diaryl/α,β-unsaturated/α-hetero) is 1. The first kappa shape index (κ1) is 16.6. The van der Waals surface area contributed by atoms with E-state index in [1.807, 2.05) is 56.3 Å². The molecule has 0 saturated carbocycles. The van der Waals surface area contributed by atoms with Crippen LogP contribution in [-0.2, 0) is 9.53 Å². The topological polar surface area (TPSA) is 43.4 Å². The van der Waals surface area contributed by atoms with Crippen molar-refractivity contribution in [2.24, 2.45) is 0 Å². The molecule has 0 amide bonds. The smallest absolute Gasteiger partial charge is 0.313 e. The summed E-state index contributed by atoms with van der Waals surface area (Å²) in [5, 5.41) is 0. The van der Waals surface area contributed by atoms with Crippen LogP contribution in [0, 0.1) is 0 Å². The molecule has 0 bridgehead atoms. The molecule has 3 heteroatoms. The lowest BCUT2D eigenvalue weighted by atomic mass is 10.0. The van der Waals surface area contributed by atoms with Crippen LogP contribution in [0.2, 0.25) is 0 Å². The van der Waals surface area contributed by atoms with Gasteiger partial charge in [-0.05, 0) is 11.1 Å². The van der Waals surface area contributed by atoms with E-state index in [0.29, 0.717) is 5.56 Å². The standard InChI is InChI=1S/C16H14O3.C2H6/c1-19-16(18)11-15(17)14-9-7-13(8-10-14)12-5-3-2-4-6-12;1-2/h2-10H,11H2,1H3;1-2H3. The summed E-state index contributed by atoms with van der Waals surface area (Å²) < 4.78 is 4.48. The molecule has 0 spiro atoms. The minimum absolute atomic E-state index is 0.221. The number of hydrogen-bond acceptors (Lipinski definition) is 3. The average molecular weight is 284 g/mol. The van der Waals surface area contributed by atoms with Crippen molar-refractivity contribution in [3.8, 4) is 11.1 Å². The summed E-state index contributed by atoms with van der Waals surface area (Å²) in [7, 11) is 1.27. The lowest BCUT2D eigenvalue weighted by Gasteiger charge is -2.03. The Bertz CT molecular complexity index is 571. The summed E-state index contributed by atoms with van der Waals surface area (Å²) in [6.07, 6.45) is -0.221. The zero-order valence-corrected chi connectivity index (χ0v) is 12.6. The van der Waals surface area contributed by atoms with E-state index in [0.717, 1.165) is 11.1 Å². The van der Waals surface area contributed by atoms with Crippen molar-refractivity contribution in [1.29, 1.82) is 0 Å². The van der Waals surface area contributed by atoms with Crippen molar-refractivity contribution < 1.29 is 14.3 Å². The minimum atomic E-state index is -0.517.